The Hall–Kier alpha value is -2.24. The fourth-order valence-electron chi connectivity index (χ4n) is 3.43. The van der Waals surface area contributed by atoms with Gasteiger partial charge in [0.05, 0.1) is 0 Å². The Morgan fingerprint density at radius 1 is 1.44 bits per heavy atom. The molecule has 1 aliphatic heterocycles. The van der Waals surface area contributed by atoms with Gasteiger partial charge in [0.1, 0.15) is 0 Å². The van der Waals surface area contributed by atoms with E-state index >= 15 is 0 Å². The van der Waals surface area contributed by atoms with Crippen LogP contribution in [0.5, 0.6) is 5.75 Å². The van der Waals surface area contributed by atoms with Crippen molar-refractivity contribution in [2.45, 2.75) is 52.5 Å². The normalized spacial score (nSPS) is 18.7. The molecule has 6 nitrogen and oxygen atoms in total. The summed E-state index contributed by atoms with van der Waals surface area (Å²) in [5.41, 5.74) is 1.44. The molecule has 0 bridgehead atoms. The van der Waals surface area contributed by atoms with Crippen molar-refractivity contribution >= 4 is 11.8 Å². The summed E-state index contributed by atoms with van der Waals surface area (Å²) >= 11 is 0. The van der Waals surface area contributed by atoms with Crippen LogP contribution in [0.15, 0.2) is 35.0 Å². The quantitative estimate of drug-likeness (QED) is 0.332. The predicted molar refractivity (Wildman–Crippen MR) is 114 cm³/mol. The molecule has 0 spiro atoms. The average Bonchev–Trinajstić information content (AvgIpc) is 2.66. The maximum absolute atomic E-state index is 10.1. The highest BCUT2D eigenvalue weighted by atomic mass is 16.3. The molecule has 0 unspecified atom stereocenters. The van der Waals surface area contributed by atoms with Crippen LogP contribution in [-0.2, 0) is 0 Å². The molecule has 1 saturated heterocycles. The number of hydrogen-bond acceptors (Lipinski definition) is 4. The molecule has 150 valence electrons. The number of aromatic nitrogens is 1. The van der Waals surface area contributed by atoms with Gasteiger partial charge in [-0.15, -0.1) is 0 Å². The van der Waals surface area contributed by atoms with Gasteiger partial charge >= 0.3 is 0 Å². The first-order chi connectivity index (χ1) is 13.1. The van der Waals surface area contributed by atoms with Crippen LogP contribution < -0.4 is 10.2 Å². The van der Waals surface area contributed by atoms with E-state index in [0.29, 0.717) is 5.82 Å². The molecule has 27 heavy (non-hydrogen) atoms. The third kappa shape index (κ3) is 6.15. The van der Waals surface area contributed by atoms with Gasteiger partial charge in [-0.05, 0) is 38.8 Å². The van der Waals surface area contributed by atoms with Crippen LogP contribution in [0.4, 0.5) is 5.82 Å². The number of guanidine groups is 1. The minimum absolute atomic E-state index is 0.242. The largest absolute Gasteiger partial charge is 0.504 e. The maximum atomic E-state index is 10.1. The maximum Gasteiger partial charge on any atom is 0.194 e. The molecule has 2 N–H and O–H groups in total. The number of nitrogens with one attached hydrogen (secondary N) is 1. The minimum Gasteiger partial charge on any atom is -0.504 e. The summed E-state index contributed by atoms with van der Waals surface area (Å²) in [6, 6.07) is 3.73. The molecular weight excluding hydrogens is 338 g/mol. The third-order valence-corrected chi connectivity index (χ3v) is 5.03. The summed E-state index contributed by atoms with van der Waals surface area (Å²) in [6.07, 6.45) is 8.81. The first-order valence-corrected chi connectivity index (χ1v) is 10.1. The number of anilines is 1. The number of aromatic hydroxyl groups is 1. The highest BCUT2D eigenvalue weighted by molar-refractivity contribution is 5.80. The fourth-order valence-corrected chi connectivity index (χ4v) is 3.43. The van der Waals surface area contributed by atoms with Crippen molar-refractivity contribution in [2.24, 2.45) is 4.99 Å². The van der Waals surface area contributed by atoms with Crippen molar-refractivity contribution in [3.63, 3.8) is 0 Å². The molecule has 6 heteroatoms. The Kier molecular flexibility index (Phi) is 8.43. The van der Waals surface area contributed by atoms with Crippen molar-refractivity contribution < 1.29 is 5.11 Å². The lowest BCUT2D eigenvalue weighted by molar-refractivity contribution is 0.286. The van der Waals surface area contributed by atoms with E-state index in [-0.39, 0.29) is 11.8 Å². The number of aliphatic imine (C=N–C) groups is 1. The first-order valence-electron chi connectivity index (χ1n) is 10.1. The van der Waals surface area contributed by atoms with Gasteiger partial charge < -0.3 is 20.2 Å². The first kappa shape index (κ1) is 21.1. The van der Waals surface area contributed by atoms with E-state index in [0.717, 1.165) is 38.6 Å². The topological polar surface area (TPSA) is 64.0 Å². The molecule has 1 aliphatic rings. The molecule has 0 aliphatic carbocycles. The van der Waals surface area contributed by atoms with Crippen LogP contribution in [0, 0.1) is 0 Å². The summed E-state index contributed by atoms with van der Waals surface area (Å²) < 4.78 is 0. The number of rotatable bonds is 7. The summed E-state index contributed by atoms with van der Waals surface area (Å²) in [6.45, 7) is 9.99. The Labute approximate surface area is 164 Å². The second-order valence-electron chi connectivity index (χ2n) is 7.25. The molecule has 1 fully saturated rings. The van der Waals surface area contributed by atoms with Gasteiger partial charge in [0, 0.05) is 45.5 Å². The number of unbranched alkanes of at least 4 members (excludes halogenated alkanes) is 2. The highest BCUT2D eigenvalue weighted by Gasteiger charge is 2.27. The van der Waals surface area contributed by atoms with Crippen LogP contribution in [0.25, 0.3) is 0 Å². The van der Waals surface area contributed by atoms with Crippen molar-refractivity contribution in [2.75, 3.05) is 38.1 Å². The number of hydrogen-bond donors (Lipinski definition) is 2. The Morgan fingerprint density at radius 3 is 2.93 bits per heavy atom. The van der Waals surface area contributed by atoms with Gasteiger partial charge in [-0.3, -0.25) is 4.99 Å². The van der Waals surface area contributed by atoms with E-state index in [1.165, 1.54) is 24.8 Å². The summed E-state index contributed by atoms with van der Waals surface area (Å²) in [4.78, 5) is 13.3. The van der Waals surface area contributed by atoms with E-state index in [2.05, 4.69) is 51.9 Å². The molecule has 2 heterocycles. The van der Waals surface area contributed by atoms with E-state index in [9.17, 15) is 5.11 Å². The van der Waals surface area contributed by atoms with Crippen LogP contribution >= 0.6 is 0 Å². The fraction of sp³-hybridized carbons (Fsp3) is 0.619. The standard InChI is InChI=1S/C21H35N5O/c1-5-6-7-9-17(2)11-13-24-21(22-4)26-15-14-25(16-18(26)3)20-19(27)10-8-12-23-20/h8-10,12,18,27H,5-7,11,13-16H2,1-4H3,(H,22,24)/b17-9+/t18-/m1/s1. The molecule has 2 rings (SSSR count). The van der Waals surface area contributed by atoms with Crippen LogP contribution in [0.2, 0.25) is 0 Å². The number of piperazine rings is 1. The van der Waals surface area contributed by atoms with Gasteiger partial charge in [0.25, 0.3) is 0 Å². The zero-order valence-electron chi connectivity index (χ0n) is 17.3. The summed E-state index contributed by atoms with van der Waals surface area (Å²) in [5, 5.41) is 13.6. The molecule has 0 radical (unpaired) electrons. The highest BCUT2D eigenvalue weighted by Crippen LogP contribution is 2.25. The van der Waals surface area contributed by atoms with Gasteiger partial charge in [0.2, 0.25) is 0 Å². The Morgan fingerprint density at radius 2 is 2.26 bits per heavy atom. The second-order valence-corrected chi connectivity index (χ2v) is 7.25. The van der Waals surface area contributed by atoms with Crippen molar-refractivity contribution in [3.8, 4) is 5.75 Å². The summed E-state index contributed by atoms with van der Waals surface area (Å²) in [7, 11) is 1.84. The second kappa shape index (κ2) is 10.8. The smallest absolute Gasteiger partial charge is 0.194 e. The van der Waals surface area contributed by atoms with Gasteiger partial charge in [-0.25, -0.2) is 4.98 Å². The number of nitrogens with zero attached hydrogens (tertiary/aromatic N) is 4. The van der Waals surface area contributed by atoms with Crippen molar-refractivity contribution in [3.05, 3.63) is 30.0 Å². The molecule has 1 atom stereocenters. The summed E-state index contributed by atoms with van der Waals surface area (Å²) in [5.74, 6) is 1.86. The monoisotopic (exact) mass is 373 g/mol. The third-order valence-electron chi connectivity index (χ3n) is 5.03. The lowest BCUT2D eigenvalue weighted by Gasteiger charge is -2.42. The SMILES string of the molecule is CCCC/C=C(\C)CCNC(=NC)N1CCN(c2ncccc2O)C[C@H]1C. The van der Waals surface area contributed by atoms with Crippen LogP contribution in [0.1, 0.15) is 46.5 Å². The molecule has 0 amide bonds. The number of allylic oxidation sites excluding steroid dienone is 1. The molecule has 1 aromatic rings. The van der Waals surface area contributed by atoms with Crippen molar-refractivity contribution in [1.29, 1.82) is 0 Å². The lowest BCUT2D eigenvalue weighted by atomic mass is 10.1. The zero-order chi connectivity index (χ0) is 19.6. The van der Waals surface area contributed by atoms with Gasteiger partial charge in [0.15, 0.2) is 17.5 Å². The Balaban J connectivity index is 1.86. The average molecular weight is 374 g/mol. The van der Waals surface area contributed by atoms with Gasteiger partial charge in [-0.2, -0.15) is 0 Å². The zero-order valence-corrected chi connectivity index (χ0v) is 17.3. The van der Waals surface area contributed by atoms with Crippen molar-refractivity contribution in [1.82, 2.24) is 15.2 Å². The van der Waals surface area contributed by atoms with Gasteiger partial charge in [-0.1, -0.05) is 31.4 Å². The molecule has 1 aromatic heterocycles. The van der Waals surface area contributed by atoms with E-state index in [1.54, 1.807) is 18.3 Å². The number of pyridine rings is 1. The minimum atomic E-state index is 0.242. The van der Waals surface area contributed by atoms with Crippen LogP contribution in [-0.4, -0.2) is 60.2 Å². The van der Waals surface area contributed by atoms with E-state index in [4.69, 9.17) is 0 Å². The molecule has 0 saturated carbocycles. The van der Waals surface area contributed by atoms with E-state index in [1.807, 2.05) is 7.05 Å². The Bertz CT molecular complexity index is 643. The van der Waals surface area contributed by atoms with Crippen LogP contribution in [0.3, 0.4) is 0 Å². The molecule has 0 aromatic carbocycles. The van der Waals surface area contributed by atoms with E-state index < -0.39 is 0 Å². The lowest BCUT2D eigenvalue weighted by Crippen LogP contribution is -2.57. The molecular formula is C21H35N5O. The predicted octanol–water partition coefficient (Wildman–Crippen LogP) is 3.40.